The van der Waals surface area contributed by atoms with Crippen molar-refractivity contribution in [1.82, 2.24) is 9.97 Å². The number of benzene rings is 1. The third-order valence-electron chi connectivity index (χ3n) is 15.7. The summed E-state index contributed by atoms with van der Waals surface area (Å²) in [4.78, 5) is 52.1. The summed E-state index contributed by atoms with van der Waals surface area (Å²) >= 11 is 0. The van der Waals surface area contributed by atoms with Crippen LogP contribution in [0.4, 0.5) is 0 Å². The van der Waals surface area contributed by atoms with E-state index in [-0.39, 0.29) is 65.1 Å². The fraction of sp³-hybridized carbons (Fsp3) is 0.682. The molecule has 54 heavy (non-hydrogen) atoms. The van der Waals surface area contributed by atoms with Gasteiger partial charge < -0.3 is 14.3 Å². The fourth-order valence-electron chi connectivity index (χ4n) is 12.6. The van der Waals surface area contributed by atoms with Crippen molar-refractivity contribution in [2.75, 3.05) is 13.2 Å². The highest BCUT2D eigenvalue weighted by molar-refractivity contribution is 5.79. The molecule has 3 saturated carbocycles. The Morgan fingerprint density at radius 3 is 2.41 bits per heavy atom. The molecule has 2 aromatic rings. The van der Waals surface area contributed by atoms with Gasteiger partial charge in [-0.1, -0.05) is 83.5 Å². The van der Waals surface area contributed by atoms with Crippen LogP contribution in [0.25, 0.3) is 0 Å². The van der Waals surface area contributed by atoms with E-state index in [0.717, 1.165) is 74.7 Å². The molecular weight excluding hydrogens is 682 g/mol. The zero-order valence-electron chi connectivity index (χ0n) is 33.2. The highest BCUT2D eigenvalue weighted by atomic mass is 16.9. The maximum atomic E-state index is 14.4. The average Bonchev–Trinajstić information content (AvgIpc) is 3.13. The SMILES string of the molecule is CC1(C)CC[C@]2(C(=O)OCc3ccccc3)CC[C@]3(C)C(=CC[C@@H]4[C@@]5(C)Cc6nccnc6[C@@](C)(COC(=O)CCCCO[N+](=O)[O-])[C@@H]5CC[C@]43C)[C@@H]2C1. The second-order valence-electron chi connectivity index (χ2n) is 19.1. The van der Waals surface area contributed by atoms with Gasteiger partial charge in [-0.05, 0) is 116 Å². The first-order valence-electron chi connectivity index (χ1n) is 20.2. The number of nitrogens with zero attached hydrogens (tertiary/aromatic N) is 3. The molecule has 5 aliphatic carbocycles. The molecule has 292 valence electrons. The van der Waals surface area contributed by atoms with Crippen LogP contribution >= 0.6 is 0 Å². The molecular formula is C44H59N3O7. The van der Waals surface area contributed by atoms with Crippen LogP contribution in [0.3, 0.4) is 0 Å². The van der Waals surface area contributed by atoms with Gasteiger partial charge in [0.2, 0.25) is 0 Å². The quantitative estimate of drug-likeness (QED) is 0.0728. The Bertz CT molecular complexity index is 1800. The zero-order valence-corrected chi connectivity index (χ0v) is 33.2. The van der Waals surface area contributed by atoms with Crippen molar-refractivity contribution in [3.8, 4) is 0 Å². The molecule has 0 amide bonds. The van der Waals surface area contributed by atoms with E-state index >= 15 is 0 Å². The number of fused-ring (bicyclic) bond motifs is 8. The standard InChI is InChI=1S/C44H59N3O7/c1-39(2)19-21-44(38(49)52-28-30-12-8-7-9-13-30)22-20-42(5)31(32(44)26-39)15-16-35-40(3)27-33-37(46-24-23-45-33)41(4,34(40)17-18-43(35,42)6)29-53-36(48)14-10-11-25-54-47(50)51/h7-9,12-13,15,23-24,32,34-35H,10-11,14,16-22,25-29H2,1-6H3/t32-,34+,35+,40-,41-,42+,43+,44-/m0/s1. The predicted octanol–water partition coefficient (Wildman–Crippen LogP) is 8.94. The summed E-state index contributed by atoms with van der Waals surface area (Å²) in [6.45, 7) is 15.0. The Morgan fingerprint density at radius 2 is 1.65 bits per heavy atom. The maximum absolute atomic E-state index is 14.4. The number of ether oxygens (including phenoxy) is 2. The molecule has 0 aliphatic heterocycles. The molecule has 10 nitrogen and oxygen atoms in total. The van der Waals surface area contributed by atoms with Gasteiger partial charge in [0.05, 0.1) is 23.4 Å². The number of carbonyl (C=O) groups excluding carboxylic acids is 2. The van der Waals surface area contributed by atoms with Crippen molar-refractivity contribution in [3.05, 3.63) is 81.4 Å². The molecule has 1 aromatic heterocycles. The Labute approximate surface area is 320 Å². The first-order valence-corrected chi connectivity index (χ1v) is 20.2. The number of rotatable bonds is 11. The lowest BCUT2D eigenvalue weighted by atomic mass is 9.33. The van der Waals surface area contributed by atoms with Crippen molar-refractivity contribution in [1.29, 1.82) is 0 Å². The lowest BCUT2D eigenvalue weighted by Gasteiger charge is -2.70. The highest BCUT2D eigenvalue weighted by Gasteiger charge is 2.70. The molecule has 0 bridgehead atoms. The molecule has 1 heterocycles. The highest BCUT2D eigenvalue weighted by Crippen LogP contribution is 2.75. The number of allylic oxidation sites excluding steroid dienone is 2. The summed E-state index contributed by atoms with van der Waals surface area (Å²) in [6.07, 6.45) is 15.6. The van der Waals surface area contributed by atoms with Crippen molar-refractivity contribution in [2.45, 2.75) is 131 Å². The van der Waals surface area contributed by atoms with Crippen molar-refractivity contribution in [2.24, 2.45) is 44.8 Å². The number of aromatic nitrogens is 2. The van der Waals surface area contributed by atoms with Gasteiger partial charge in [0.1, 0.15) is 13.2 Å². The van der Waals surface area contributed by atoms with E-state index in [0.29, 0.717) is 25.4 Å². The summed E-state index contributed by atoms with van der Waals surface area (Å²) in [7, 11) is 0. The van der Waals surface area contributed by atoms with E-state index in [1.165, 1.54) is 5.57 Å². The van der Waals surface area contributed by atoms with Gasteiger partial charge >= 0.3 is 11.9 Å². The van der Waals surface area contributed by atoms with Crippen LogP contribution in [0.2, 0.25) is 0 Å². The molecule has 8 atom stereocenters. The summed E-state index contributed by atoms with van der Waals surface area (Å²) in [5, 5.41) is 9.68. The second-order valence-corrected chi connectivity index (χ2v) is 19.1. The van der Waals surface area contributed by atoms with Gasteiger partial charge in [0.15, 0.2) is 0 Å². The number of carbonyl (C=O) groups is 2. The first kappa shape index (κ1) is 38.5. The minimum atomic E-state index is -0.807. The topological polar surface area (TPSA) is 131 Å². The Balaban J connectivity index is 1.17. The minimum Gasteiger partial charge on any atom is -0.465 e. The summed E-state index contributed by atoms with van der Waals surface area (Å²) in [5.74, 6) is 0.405. The molecule has 0 unspecified atom stereocenters. The third-order valence-corrected chi connectivity index (χ3v) is 15.7. The van der Waals surface area contributed by atoms with Gasteiger partial charge in [-0.3, -0.25) is 19.6 Å². The second kappa shape index (κ2) is 14.0. The fourth-order valence-corrected chi connectivity index (χ4v) is 12.6. The Kier molecular flexibility index (Phi) is 10.00. The summed E-state index contributed by atoms with van der Waals surface area (Å²) < 4.78 is 12.3. The molecule has 5 aliphatic rings. The van der Waals surface area contributed by atoms with E-state index in [2.05, 4.69) is 52.5 Å². The number of hydrogen-bond acceptors (Lipinski definition) is 9. The minimum absolute atomic E-state index is 0.00679. The van der Waals surface area contributed by atoms with Crippen molar-refractivity contribution >= 4 is 11.9 Å². The molecule has 0 radical (unpaired) electrons. The van der Waals surface area contributed by atoms with E-state index < -0.39 is 15.9 Å². The molecule has 3 fully saturated rings. The molecule has 0 N–H and O–H groups in total. The predicted molar refractivity (Wildman–Crippen MR) is 203 cm³/mol. The molecule has 0 spiro atoms. The van der Waals surface area contributed by atoms with E-state index in [1.807, 2.05) is 30.3 Å². The average molecular weight is 742 g/mol. The van der Waals surface area contributed by atoms with Crippen LogP contribution in [0.1, 0.15) is 129 Å². The Morgan fingerprint density at radius 1 is 0.907 bits per heavy atom. The molecule has 0 saturated heterocycles. The molecule has 10 heteroatoms. The lowest BCUT2D eigenvalue weighted by molar-refractivity contribution is -0.757. The van der Waals surface area contributed by atoms with E-state index in [1.54, 1.807) is 12.4 Å². The van der Waals surface area contributed by atoms with E-state index in [4.69, 9.17) is 19.4 Å². The Hall–Kier alpha value is -3.82. The van der Waals surface area contributed by atoms with Gasteiger partial charge in [-0.15, -0.1) is 10.1 Å². The smallest absolute Gasteiger partial charge is 0.313 e. The third kappa shape index (κ3) is 6.33. The normalized spacial score (nSPS) is 36.1. The largest absolute Gasteiger partial charge is 0.465 e. The van der Waals surface area contributed by atoms with Crippen molar-refractivity contribution < 1.29 is 29.0 Å². The van der Waals surface area contributed by atoms with Crippen LogP contribution in [0, 0.1) is 54.9 Å². The molecule has 7 rings (SSSR count). The summed E-state index contributed by atoms with van der Waals surface area (Å²) in [6, 6.07) is 10.0. The van der Waals surface area contributed by atoms with E-state index in [9.17, 15) is 19.7 Å². The number of esters is 2. The van der Waals surface area contributed by atoms with Gasteiger partial charge in [-0.25, -0.2) is 0 Å². The monoisotopic (exact) mass is 741 g/mol. The first-order chi connectivity index (χ1) is 25.6. The summed E-state index contributed by atoms with van der Waals surface area (Å²) in [5.41, 5.74) is 3.36. The van der Waals surface area contributed by atoms with Gasteiger partial charge in [0.25, 0.3) is 5.09 Å². The van der Waals surface area contributed by atoms with Crippen LogP contribution in [0.15, 0.2) is 54.4 Å². The maximum Gasteiger partial charge on any atom is 0.313 e. The van der Waals surface area contributed by atoms with Crippen LogP contribution in [0.5, 0.6) is 0 Å². The number of unbranched alkanes of at least 4 members (excludes halogenated alkanes) is 1. The van der Waals surface area contributed by atoms with Crippen LogP contribution in [-0.4, -0.2) is 40.2 Å². The van der Waals surface area contributed by atoms with Gasteiger partial charge in [-0.2, -0.15) is 0 Å². The lowest BCUT2D eigenvalue weighted by Crippen LogP contribution is -2.65. The van der Waals surface area contributed by atoms with Crippen LogP contribution < -0.4 is 0 Å². The molecule has 1 aromatic carbocycles. The zero-order chi connectivity index (χ0) is 38.6. The number of hydrogen-bond donors (Lipinski definition) is 0. The van der Waals surface area contributed by atoms with Gasteiger partial charge in [0, 0.05) is 24.2 Å². The van der Waals surface area contributed by atoms with Crippen molar-refractivity contribution in [3.63, 3.8) is 0 Å². The van der Waals surface area contributed by atoms with Crippen LogP contribution in [-0.2, 0) is 42.3 Å².